The maximum Gasteiger partial charge on any atom is 0.277 e. The number of β-amino-alcohol motifs (C(OH)–C–C–N with tert-alkyl or cyclic N) is 1. The number of anilines is 1. The molecule has 0 unspecified atom stereocenters. The molecular formula is C16H20N2O4. The number of imide groups is 1. The average molecular weight is 304 g/mol. The Morgan fingerprint density at radius 3 is 2.59 bits per heavy atom. The van der Waals surface area contributed by atoms with Crippen LogP contribution in [0.25, 0.3) is 0 Å². The lowest BCUT2D eigenvalue weighted by Gasteiger charge is -2.13. The number of nitrogens with zero attached hydrogens (tertiary/aromatic N) is 1. The molecule has 0 aliphatic carbocycles. The molecule has 1 aromatic rings. The minimum absolute atomic E-state index is 0.00352. The van der Waals surface area contributed by atoms with E-state index in [1.54, 1.807) is 12.1 Å². The number of benzene rings is 1. The molecule has 0 saturated carbocycles. The van der Waals surface area contributed by atoms with E-state index < -0.39 is 11.8 Å². The number of hydrogen-bond donors (Lipinski definition) is 2. The molecular weight excluding hydrogens is 284 g/mol. The lowest BCUT2D eigenvalue weighted by atomic mass is 10.3. The number of ether oxygens (including phenoxy) is 1. The van der Waals surface area contributed by atoms with Gasteiger partial charge in [-0.2, -0.15) is 0 Å². The van der Waals surface area contributed by atoms with Gasteiger partial charge in [-0.25, -0.2) is 0 Å². The van der Waals surface area contributed by atoms with Crippen molar-refractivity contribution in [1.29, 1.82) is 0 Å². The smallest absolute Gasteiger partial charge is 0.277 e. The van der Waals surface area contributed by atoms with Crippen LogP contribution in [0.4, 0.5) is 5.69 Å². The molecule has 0 atom stereocenters. The third kappa shape index (κ3) is 3.85. The second kappa shape index (κ2) is 7.61. The molecule has 1 aliphatic heterocycles. The average Bonchev–Trinajstić information content (AvgIpc) is 2.77. The Labute approximate surface area is 129 Å². The number of carbonyl (C=O) groups excluding carboxylic acids is 2. The third-order valence-corrected chi connectivity index (χ3v) is 3.23. The molecule has 0 bridgehead atoms. The second-order valence-corrected chi connectivity index (χ2v) is 4.93. The standard InChI is InChI=1S/C16H20N2O4/c1-2-3-10-22-13-6-4-12(5-7-13)17-14-11-15(20)18(8-9-19)16(14)21/h4-7,11,17,19H,2-3,8-10H2,1H3. The summed E-state index contributed by atoms with van der Waals surface area (Å²) in [5.74, 6) is -0.0768. The summed E-state index contributed by atoms with van der Waals surface area (Å²) >= 11 is 0. The highest BCUT2D eigenvalue weighted by atomic mass is 16.5. The van der Waals surface area contributed by atoms with Crippen molar-refractivity contribution in [2.24, 2.45) is 0 Å². The van der Waals surface area contributed by atoms with Gasteiger partial charge in [-0.3, -0.25) is 14.5 Å². The molecule has 22 heavy (non-hydrogen) atoms. The molecule has 0 saturated heterocycles. The van der Waals surface area contributed by atoms with Gasteiger partial charge in [-0.15, -0.1) is 0 Å². The number of aliphatic hydroxyl groups excluding tert-OH is 1. The Balaban J connectivity index is 1.95. The maximum atomic E-state index is 12.0. The predicted octanol–water partition coefficient (Wildman–Crippen LogP) is 1.52. The zero-order chi connectivity index (χ0) is 15.9. The summed E-state index contributed by atoms with van der Waals surface area (Å²) in [6.07, 6.45) is 3.32. The molecule has 6 nitrogen and oxygen atoms in total. The molecule has 1 aliphatic rings. The fourth-order valence-electron chi connectivity index (χ4n) is 2.03. The van der Waals surface area contributed by atoms with Gasteiger partial charge in [0.1, 0.15) is 11.4 Å². The Morgan fingerprint density at radius 1 is 1.23 bits per heavy atom. The number of nitrogens with one attached hydrogen (secondary N) is 1. The molecule has 1 heterocycles. The van der Waals surface area contributed by atoms with Crippen molar-refractivity contribution in [3.63, 3.8) is 0 Å². The molecule has 0 radical (unpaired) electrons. The van der Waals surface area contributed by atoms with Crippen LogP contribution < -0.4 is 10.1 Å². The number of aliphatic hydroxyl groups is 1. The van der Waals surface area contributed by atoms with Crippen LogP contribution in [0.15, 0.2) is 36.0 Å². The van der Waals surface area contributed by atoms with Crippen molar-refractivity contribution in [3.05, 3.63) is 36.0 Å². The van der Waals surface area contributed by atoms with E-state index in [-0.39, 0.29) is 18.8 Å². The number of unbranched alkanes of at least 4 members (excludes halogenated alkanes) is 1. The van der Waals surface area contributed by atoms with Crippen LogP contribution in [-0.2, 0) is 9.59 Å². The number of carbonyl (C=O) groups is 2. The van der Waals surface area contributed by atoms with Gasteiger partial charge in [0.2, 0.25) is 0 Å². The Bertz CT molecular complexity index is 566. The van der Waals surface area contributed by atoms with Crippen molar-refractivity contribution in [1.82, 2.24) is 4.90 Å². The van der Waals surface area contributed by atoms with Crippen LogP contribution in [0.3, 0.4) is 0 Å². The zero-order valence-electron chi connectivity index (χ0n) is 12.5. The van der Waals surface area contributed by atoms with Gasteiger partial charge in [0.25, 0.3) is 11.8 Å². The number of amides is 2. The van der Waals surface area contributed by atoms with Gasteiger partial charge in [-0.05, 0) is 30.7 Å². The van der Waals surface area contributed by atoms with Crippen LogP contribution in [0.2, 0.25) is 0 Å². The molecule has 118 valence electrons. The van der Waals surface area contributed by atoms with Crippen molar-refractivity contribution >= 4 is 17.5 Å². The van der Waals surface area contributed by atoms with Crippen LogP contribution in [0.5, 0.6) is 5.75 Å². The van der Waals surface area contributed by atoms with Crippen molar-refractivity contribution in [2.45, 2.75) is 19.8 Å². The van der Waals surface area contributed by atoms with E-state index >= 15 is 0 Å². The van der Waals surface area contributed by atoms with Crippen molar-refractivity contribution < 1.29 is 19.4 Å². The third-order valence-electron chi connectivity index (χ3n) is 3.23. The highest BCUT2D eigenvalue weighted by molar-refractivity contribution is 6.17. The summed E-state index contributed by atoms with van der Waals surface area (Å²) in [6, 6.07) is 7.19. The molecule has 6 heteroatoms. The van der Waals surface area contributed by atoms with Crippen LogP contribution in [0.1, 0.15) is 19.8 Å². The first-order valence-corrected chi connectivity index (χ1v) is 7.34. The van der Waals surface area contributed by atoms with Gasteiger partial charge >= 0.3 is 0 Å². The van der Waals surface area contributed by atoms with E-state index in [9.17, 15) is 9.59 Å². The number of rotatable bonds is 8. The highest BCUT2D eigenvalue weighted by Crippen LogP contribution is 2.20. The van der Waals surface area contributed by atoms with Crippen molar-refractivity contribution in [2.75, 3.05) is 25.1 Å². The largest absolute Gasteiger partial charge is 0.494 e. The van der Waals surface area contributed by atoms with E-state index in [0.717, 1.165) is 23.5 Å². The summed E-state index contributed by atoms with van der Waals surface area (Å²) in [5.41, 5.74) is 0.902. The zero-order valence-corrected chi connectivity index (χ0v) is 12.5. The van der Waals surface area contributed by atoms with E-state index in [1.165, 1.54) is 6.08 Å². The van der Waals surface area contributed by atoms with Gasteiger partial charge in [-0.1, -0.05) is 13.3 Å². The first kappa shape index (κ1) is 16.0. The molecule has 2 N–H and O–H groups in total. The Morgan fingerprint density at radius 2 is 1.95 bits per heavy atom. The lowest BCUT2D eigenvalue weighted by molar-refractivity contribution is -0.137. The molecule has 0 aromatic heterocycles. The van der Waals surface area contributed by atoms with Crippen LogP contribution >= 0.6 is 0 Å². The predicted molar refractivity (Wildman–Crippen MR) is 82.4 cm³/mol. The first-order valence-electron chi connectivity index (χ1n) is 7.34. The summed E-state index contributed by atoms with van der Waals surface area (Å²) in [6.45, 7) is 2.54. The minimum Gasteiger partial charge on any atom is -0.494 e. The van der Waals surface area contributed by atoms with E-state index in [2.05, 4.69) is 12.2 Å². The quantitative estimate of drug-likeness (QED) is 0.562. The Hall–Kier alpha value is -2.34. The van der Waals surface area contributed by atoms with E-state index in [1.807, 2.05) is 12.1 Å². The van der Waals surface area contributed by atoms with Crippen LogP contribution in [-0.4, -0.2) is 41.6 Å². The van der Waals surface area contributed by atoms with Crippen LogP contribution in [0, 0.1) is 0 Å². The summed E-state index contributed by atoms with van der Waals surface area (Å²) in [5, 5.41) is 11.8. The Kier molecular flexibility index (Phi) is 5.55. The maximum absolute atomic E-state index is 12.0. The lowest BCUT2D eigenvalue weighted by Crippen LogP contribution is -2.34. The minimum atomic E-state index is -0.428. The first-order chi connectivity index (χ1) is 10.7. The SMILES string of the molecule is CCCCOc1ccc(NC2=CC(=O)N(CCO)C2=O)cc1. The van der Waals surface area contributed by atoms with Gasteiger partial charge < -0.3 is 15.2 Å². The number of hydrogen-bond acceptors (Lipinski definition) is 5. The van der Waals surface area contributed by atoms with E-state index in [4.69, 9.17) is 9.84 Å². The highest BCUT2D eigenvalue weighted by Gasteiger charge is 2.30. The molecule has 2 amide bonds. The second-order valence-electron chi connectivity index (χ2n) is 4.93. The normalized spacial score (nSPS) is 14.3. The molecule has 1 aromatic carbocycles. The van der Waals surface area contributed by atoms with Gasteiger partial charge in [0.05, 0.1) is 19.8 Å². The summed E-state index contributed by atoms with van der Waals surface area (Å²) < 4.78 is 5.56. The fourth-order valence-corrected chi connectivity index (χ4v) is 2.03. The summed E-state index contributed by atoms with van der Waals surface area (Å²) in [4.78, 5) is 24.6. The topological polar surface area (TPSA) is 78.9 Å². The molecule has 0 spiro atoms. The van der Waals surface area contributed by atoms with Crippen molar-refractivity contribution in [3.8, 4) is 5.75 Å². The van der Waals surface area contributed by atoms with Gasteiger partial charge in [0.15, 0.2) is 0 Å². The molecule has 2 rings (SSSR count). The monoisotopic (exact) mass is 304 g/mol. The van der Waals surface area contributed by atoms with Gasteiger partial charge in [0, 0.05) is 11.8 Å². The fraction of sp³-hybridized carbons (Fsp3) is 0.375. The molecule has 0 fully saturated rings. The summed E-state index contributed by atoms with van der Waals surface area (Å²) in [7, 11) is 0. The van der Waals surface area contributed by atoms with E-state index in [0.29, 0.717) is 12.3 Å².